The van der Waals surface area contributed by atoms with Crippen molar-refractivity contribution in [1.82, 2.24) is 24.9 Å². The summed E-state index contributed by atoms with van der Waals surface area (Å²) < 4.78 is 16.6. The maximum absolute atomic E-state index is 13.1. The Labute approximate surface area is 157 Å². The molecule has 0 saturated heterocycles. The average Bonchev–Trinajstić information content (AvgIpc) is 3.21. The monoisotopic (exact) mass is 367 g/mol. The van der Waals surface area contributed by atoms with E-state index in [1.54, 1.807) is 29.9 Å². The van der Waals surface area contributed by atoms with Gasteiger partial charge in [0.05, 0.1) is 17.9 Å². The summed E-state index contributed by atoms with van der Waals surface area (Å²) in [6, 6.07) is 7.79. The van der Waals surface area contributed by atoms with Gasteiger partial charge in [0.2, 0.25) is 0 Å². The second kappa shape index (κ2) is 6.98. The third-order valence-corrected chi connectivity index (χ3v) is 5.12. The van der Waals surface area contributed by atoms with Crippen LogP contribution < -0.4 is 5.32 Å². The van der Waals surface area contributed by atoms with Crippen molar-refractivity contribution in [2.75, 3.05) is 0 Å². The molecule has 0 fully saturated rings. The molecule has 1 N–H and O–H groups in total. The molecule has 2 heterocycles. The lowest BCUT2D eigenvalue weighted by molar-refractivity contribution is 0.0941. The molecule has 2 aromatic heterocycles. The van der Waals surface area contributed by atoms with Crippen LogP contribution in [0, 0.1) is 5.82 Å². The van der Waals surface area contributed by atoms with Gasteiger partial charge in [0, 0.05) is 25.4 Å². The SMILES string of the molecule is Cn1nc(-c2ccc(F)cc2)cc1C(=O)NCc1nn(C)c2c1CCCC2. The fourth-order valence-electron chi connectivity index (χ4n) is 3.70. The highest BCUT2D eigenvalue weighted by atomic mass is 19.1. The third-order valence-electron chi connectivity index (χ3n) is 5.12. The molecular weight excluding hydrogens is 345 g/mol. The Kier molecular flexibility index (Phi) is 4.51. The molecule has 0 bridgehead atoms. The summed E-state index contributed by atoms with van der Waals surface area (Å²) in [4.78, 5) is 12.6. The van der Waals surface area contributed by atoms with Crippen LogP contribution in [0.3, 0.4) is 0 Å². The molecule has 0 atom stereocenters. The minimum Gasteiger partial charge on any atom is -0.345 e. The fourth-order valence-corrected chi connectivity index (χ4v) is 3.70. The van der Waals surface area contributed by atoms with Crippen LogP contribution in [0.5, 0.6) is 0 Å². The highest BCUT2D eigenvalue weighted by molar-refractivity contribution is 5.93. The normalized spacial score (nSPS) is 13.4. The molecule has 27 heavy (non-hydrogen) atoms. The van der Waals surface area contributed by atoms with E-state index in [0.717, 1.165) is 24.1 Å². The van der Waals surface area contributed by atoms with Gasteiger partial charge in [-0.2, -0.15) is 10.2 Å². The van der Waals surface area contributed by atoms with Gasteiger partial charge < -0.3 is 5.32 Å². The summed E-state index contributed by atoms with van der Waals surface area (Å²) in [7, 11) is 3.69. The molecule has 1 amide bonds. The summed E-state index contributed by atoms with van der Waals surface area (Å²) in [5.41, 5.74) is 5.37. The number of hydrogen-bond donors (Lipinski definition) is 1. The zero-order valence-electron chi connectivity index (χ0n) is 15.5. The minimum absolute atomic E-state index is 0.200. The highest BCUT2D eigenvalue weighted by Gasteiger charge is 2.20. The number of aryl methyl sites for hydroxylation is 2. The summed E-state index contributed by atoms with van der Waals surface area (Å²) in [6.45, 7) is 0.402. The quantitative estimate of drug-likeness (QED) is 0.771. The van der Waals surface area contributed by atoms with Crippen molar-refractivity contribution in [3.63, 3.8) is 0 Å². The molecule has 0 radical (unpaired) electrons. The van der Waals surface area contributed by atoms with Crippen LogP contribution in [-0.4, -0.2) is 25.5 Å². The molecule has 0 aliphatic heterocycles. The van der Waals surface area contributed by atoms with Crippen LogP contribution in [0.25, 0.3) is 11.3 Å². The van der Waals surface area contributed by atoms with E-state index in [2.05, 4.69) is 15.5 Å². The Hall–Kier alpha value is -2.96. The number of hydrogen-bond acceptors (Lipinski definition) is 3. The molecule has 1 aliphatic carbocycles. The fraction of sp³-hybridized carbons (Fsp3) is 0.350. The van der Waals surface area contributed by atoms with Gasteiger partial charge in [-0.3, -0.25) is 14.2 Å². The lowest BCUT2D eigenvalue weighted by Gasteiger charge is -2.12. The maximum Gasteiger partial charge on any atom is 0.269 e. The van der Waals surface area contributed by atoms with Crippen LogP contribution >= 0.6 is 0 Å². The predicted molar refractivity (Wildman–Crippen MR) is 99.6 cm³/mol. The van der Waals surface area contributed by atoms with E-state index in [1.807, 2.05) is 11.7 Å². The van der Waals surface area contributed by atoms with Gasteiger partial charge in [0.25, 0.3) is 5.91 Å². The number of fused-ring (bicyclic) bond motifs is 1. The molecule has 140 valence electrons. The summed E-state index contributed by atoms with van der Waals surface area (Å²) in [5, 5.41) is 11.9. The van der Waals surface area contributed by atoms with Crippen LogP contribution in [0.2, 0.25) is 0 Å². The molecule has 7 heteroatoms. The lowest BCUT2D eigenvalue weighted by Crippen LogP contribution is -2.25. The number of amides is 1. The predicted octanol–water partition coefficient (Wildman–Crippen LogP) is 2.77. The zero-order valence-corrected chi connectivity index (χ0v) is 15.5. The van der Waals surface area contributed by atoms with Gasteiger partial charge in [-0.05, 0) is 61.6 Å². The highest BCUT2D eigenvalue weighted by Crippen LogP contribution is 2.24. The molecule has 0 unspecified atom stereocenters. The Bertz CT molecular complexity index is 987. The molecule has 1 aliphatic rings. The van der Waals surface area contributed by atoms with Crippen molar-refractivity contribution in [1.29, 1.82) is 0 Å². The van der Waals surface area contributed by atoms with Crippen molar-refractivity contribution in [3.8, 4) is 11.3 Å². The van der Waals surface area contributed by atoms with E-state index in [0.29, 0.717) is 17.9 Å². The Morgan fingerprint density at radius 3 is 2.63 bits per heavy atom. The number of rotatable bonds is 4. The number of benzene rings is 1. The molecule has 0 spiro atoms. The van der Waals surface area contributed by atoms with Crippen molar-refractivity contribution in [2.24, 2.45) is 14.1 Å². The number of aromatic nitrogens is 4. The number of carbonyl (C=O) groups excluding carboxylic acids is 1. The first-order chi connectivity index (χ1) is 13.0. The van der Waals surface area contributed by atoms with Crippen LogP contribution in [0.15, 0.2) is 30.3 Å². The van der Waals surface area contributed by atoms with E-state index in [9.17, 15) is 9.18 Å². The first-order valence-electron chi connectivity index (χ1n) is 9.14. The number of carbonyl (C=O) groups is 1. The van der Waals surface area contributed by atoms with Gasteiger partial charge in [-0.1, -0.05) is 0 Å². The number of nitrogens with zero attached hydrogens (tertiary/aromatic N) is 4. The topological polar surface area (TPSA) is 64.7 Å². The molecule has 3 aromatic rings. The molecule has 4 rings (SSSR count). The molecule has 0 saturated carbocycles. The number of nitrogens with one attached hydrogen (secondary N) is 1. The second-order valence-corrected chi connectivity index (χ2v) is 6.93. The van der Waals surface area contributed by atoms with E-state index >= 15 is 0 Å². The van der Waals surface area contributed by atoms with Crippen LogP contribution in [0.4, 0.5) is 4.39 Å². The van der Waals surface area contributed by atoms with Crippen molar-refractivity contribution < 1.29 is 9.18 Å². The summed E-state index contributed by atoms with van der Waals surface area (Å²) >= 11 is 0. The van der Waals surface area contributed by atoms with Gasteiger partial charge in [-0.25, -0.2) is 4.39 Å². The summed E-state index contributed by atoms with van der Waals surface area (Å²) in [5.74, 6) is -0.500. The summed E-state index contributed by atoms with van der Waals surface area (Å²) in [6.07, 6.45) is 4.44. The minimum atomic E-state index is -0.300. The maximum atomic E-state index is 13.1. The van der Waals surface area contributed by atoms with Crippen molar-refractivity contribution >= 4 is 5.91 Å². The zero-order chi connectivity index (χ0) is 19.0. The van der Waals surface area contributed by atoms with Crippen molar-refractivity contribution in [3.05, 3.63) is 58.8 Å². The van der Waals surface area contributed by atoms with Gasteiger partial charge in [-0.15, -0.1) is 0 Å². The Balaban J connectivity index is 1.50. The molecule has 6 nitrogen and oxygen atoms in total. The molecular formula is C20H22FN5O. The standard InChI is InChI=1S/C20H22FN5O/c1-25-18-6-4-3-5-15(18)17(24-25)12-22-20(27)19-11-16(23-26(19)2)13-7-9-14(21)10-8-13/h7-11H,3-6,12H2,1-2H3,(H,22,27). The van der Waals surface area contributed by atoms with E-state index in [1.165, 1.54) is 36.2 Å². The first kappa shape index (κ1) is 17.5. The van der Waals surface area contributed by atoms with Gasteiger partial charge >= 0.3 is 0 Å². The Morgan fingerprint density at radius 1 is 1.11 bits per heavy atom. The van der Waals surface area contributed by atoms with Crippen molar-refractivity contribution in [2.45, 2.75) is 32.2 Å². The molecule has 1 aromatic carbocycles. The van der Waals surface area contributed by atoms with Gasteiger partial charge in [0.1, 0.15) is 11.5 Å². The van der Waals surface area contributed by atoms with Gasteiger partial charge in [0.15, 0.2) is 0 Å². The Morgan fingerprint density at radius 2 is 1.85 bits per heavy atom. The largest absolute Gasteiger partial charge is 0.345 e. The first-order valence-corrected chi connectivity index (χ1v) is 9.14. The van der Waals surface area contributed by atoms with Crippen LogP contribution in [-0.2, 0) is 33.5 Å². The second-order valence-electron chi connectivity index (χ2n) is 6.93. The van der Waals surface area contributed by atoms with E-state index in [-0.39, 0.29) is 11.7 Å². The average molecular weight is 367 g/mol. The van der Waals surface area contributed by atoms with E-state index in [4.69, 9.17) is 0 Å². The smallest absolute Gasteiger partial charge is 0.269 e. The van der Waals surface area contributed by atoms with E-state index < -0.39 is 0 Å². The number of halogens is 1. The lowest BCUT2D eigenvalue weighted by atomic mass is 9.96. The third kappa shape index (κ3) is 3.37. The van der Waals surface area contributed by atoms with Crippen LogP contribution in [0.1, 0.15) is 40.3 Å².